The SMILES string of the molecule is COC(=O)c1cn(C2CC2)c(=O)cc1C#N. The van der Waals surface area contributed by atoms with E-state index in [0.29, 0.717) is 0 Å². The van der Waals surface area contributed by atoms with E-state index in [1.54, 1.807) is 0 Å². The molecule has 0 aliphatic heterocycles. The van der Waals surface area contributed by atoms with Crippen molar-refractivity contribution in [1.82, 2.24) is 4.57 Å². The van der Waals surface area contributed by atoms with Gasteiger partial charge in [-0.05, 0) is 12.8 Å². The van der Waals surface area contributed by atoms with Crippen LogP contribution in [0.15, 0.2) is 17.1 Å². The predicted molar refractivity (Wildman–Crippen MR) is 55.0 cm³/mol. The van der Waals surface area contributed by atoms with E-state index < -0.39 is 5.97 Å². The number of esters is 1. The summed E-state index contributed by atoms with van der Waals surface area (Å²) in [7, 11) is 1.25. The van der Waals surface area contributed by atoms with Crippen LogP contribution in [-0.4, -0.2) is 17.6 Å². The van der Waals surface area contributed by atoms with Gasteiger partial charge in [0.1, 0.15) is 6.07 Å². The first-order chi connectivity index (χ1) is 7.67. The molecule has 0 radical (unpaired) electrons. The normalized spacial score (nSPS) is 14.2. The summed E-state index contributed by atoms with van der Waals surface area (Å²) in [5, 5.41) is 8.83. The first-order valence-electron chi connectivity index (χ1n) is 4.92. The second-order valence-corrected chi connectivity index (χ2v) is 3.68. The van der Waals surface area contributed by atoms with Crippen LogP contribution in [0.25, 0.3) is 0 Å². The average molecular weight is 218 g/mol. The molecule has 0 unspecified atom stereocenters. The molecule has 0 amide bonds. The molecule has 1 aliphatic carbocycles. The molecule has 0 N–H and O–H groups in total. The first kappa shape index (κ1) is 10.4. The summed E-state index contributed by atoms with van der Waals surface area (Å²) in [6.07, 6.45) is 3.29. The Kier molecular flexibility index (Phi) is 2.49. The first-order valence-corrected chi connectivity index (χ1v) is 4.92. The molecule has 0 aromatic carbocycles. The molecule has 1 aromatic heterocycles. The van der Waals surface area contributed by atoms with Crippen LogP contribution in [0, 0.1) is 11.3 Å². The lowest BCUT2D eigenvalue weighted by atomic mass is 10.1. The fourth-order valence-electron chi connectivity index (χ4n) is 1.55. The quantitative estimate of drug-likeness (QED) is 0.689. The van der Waals surface area contributed by atoms with Gasteiger partial charge < -0.3 is 9.30 Å². The van der Waals surface area contributed by atoms with Crippen LogP contribution in [0.3, 0.4) is 0 Å². The largest absolute Gasteiger partial charge is 0.465 e. The summed E-state index contributed by atoms with van der Waals surface area (Å²) < 4.78 is 6.06. The summed E-state index contributed by atoms with van der Waals surface area (Å²) in [6.45, 7) is 0. The maximum Gasteiger partial charge on any atom is 0.340 e. The average Bonchev–Trinajstić information content (AvgIpc) is 3.11. The molecule has 1 aromatic rings. The molecular weight excluding hydrogens is 208 g/mol. The lowest BCUT2D eigenvalue weighted by Gasteiger charge is -2.07. The van der Waals surface area contributed by atoms with Gasteiger partial charge in [0.15, 0.2) is 0 Å². The second kappa shape index (κ2) is 3.81. The van der Waals surface area contributed by atoms with Gasteiger partial charge in [-0.15, -0.1) is 0 Å². The number of carbonyl (C=O) groups excluding carboxylic acids is 1. The van der Waals surface area contributed by atoms with Crippen LogP contribution in [0.1, 0.15) is 34.8 Å². The fourth-order valence-corrected chi connectivity index (χ4v) is 1.55. The summed E-state index contributed by atoms with van der Waals surface area (Å²) in [5.41, 5.74) is -0.0306. The lowest BCUT2D eigenvalue weighted by molar-refractivity contribution is 0.0599. The molecule has 0 atom stereocenters. The van der Waals surface area contributed by atoms with E-state index in [2.05, 4.69) is 4.74 Å². The highest BCUT2D eigenvalue weighted by atomic mass is 16.5. The van der Waals surface area contributed by atoms with Crippen LogP contribution in [-0.2, 0) is 4.74 Å². The number of aromatic nitrogens is 1. The number of nitriles is 1. The molecular formula is C11H10N2O3. The topological polar surface area (TPSA) is 72.1 Å². The van der Waals surface area contributed by atoms with Crippen molar-refractivity contribution in [1.29, 1.82) is 5.26 Å². The molecule has 16 heavy (non-hydrogen) atoms. The molecule has 82 valence electrons. The van der Waals surface area contributed by atoms with E-state index >= 15 is 0 Å². The summed E-state index contributed by atoms with van der Waals surface area (Å²) in [6, 6.07) is 3.18. The van der Waals surface area contributed by atoms with Crippen molar-refractivity contribution in [3.63, 3.8) is 0 Å². The second-order valence-electron chi connectivity index (χ2n) is 3.68. The molecule has 1 saturated carbocycles. The number of hydrogen-bond donors (Lipinski definition) is 0. The highest BCUT2D eigenvalue weighted by Crippen LogP contribution is 2.33. The minimum atomic E-state index is -0.592. The van der Waals surface area contributed by atoms with Crippen LogP contribution < -0.4 is 5.56 Å². The molecule has 5 nitrogen and oxygen atoms in total. The molecule has 1 aliphatic rings. The van der Waals surface area contributed by atoms with Crippen molar-refractivity contribution in [3.05, 3.63) is 33.7 Å². The van der Waals surface area contributed by atoms with Crippen molar-refractivity contribution in [3.8, 4) is 6.07 Å². The number of methoxy groups -OCH3 is 1. The van der Waals surface area contributed by atoms with Crippen LogP contribution in [0.2, 0.25) is 0 Å². The van der Waals surface area contributed by atoms with E-state index in [9.17, 15) is 9.59 Å². The minimum absolute atomic E-state index is 0.0637. The van der Waals surface area contributed by atoms with E-state index in [-0.39, 0.29) is 22.7 Å². The lowest BCUT2D eigenvalue weighted by Crippen LogP contribution is -2.21. The van der Waals surface area contributed by atoms with Crippen molar-refractivity contribution >= 4 is 5.97 Å². The number of carbonyl (C=O) groups is 1. The Labute approximate surface area is 91.9 Å². The van der Waals surface area contributed by atoms with Crippen LogP contribution in [0.4, 0.5) is 0 Å². The van der Waals surface area contributed by atoms with E-state index in [4.69, 9.17) is 5.26 Å². The molecule has 1 fully saturated rings. The van der Waals surface area contributed by atoms with Gasteiger partial charge in [-0.25, -0.2) is 4.79 Å². The number of nitrogens with zero attached hydrogens (tertiary/aromatic N) is 2. The van der Waals surface area contributed by atoms with Gasteiger partial charge in [-0.2, -0.15) is 5.26 Å². The molecule has 5 heteroatoms. The summed E-state index contributed by atoms with van der Waals surface area (Å²) in [5.74, 6) is -0.592. The smallest absolute Gasteiger partial charge is 0.340 e. The van der Waals surface area contributed by atoms with Gasteiger partial charge in [-0.3, -0.25) is 4.79 Å². The number of ether oxygens (including phenoxy) is 1. The third kappa shape index (κ3) is 1.70. The molecule has 0 spiro atoms. The third-order valence-electron chi connectivity index (χ3n) is 2.55. The molecule has 0 saturated heterocycles. The van der Waals surface area contributed by atoms with Crippen LogP contribution in [0.5, 0.6) is 0 Å². The molecule has 0 bridgehead atoms. The van der Waals surface area contributed by atoms with Gasteiger partial charge in [0.05, 0.1) is 18.2 Å². The van der Waals surface area contributed by atoms with Gasteiger partial charge in [0, 0.05) is 18.3 Å². The van der Waals surface area contributed by atoms with E-state index in [1.165, 1.54) is 23.9 Å². The Morgan fingerprint density at radius 2 is 2.31 bits per heavy atom. The van der Waals surface area contributed by atoms with Crippen molar-refractivity contribution < 1.29 is 9.53 Å². The zero-order valence-electron chi connectivity index (χ0n) is 8.77. The van der Waals surface area contributed by atoms with Gasteiger partial charge in [0.25, 0.3) is 5.56 Å². The highest BCUT2D eigenvalue weighted by Gasteiger charge is 2.26. The van der Waals surface area contributed by atoms with E-state index in [1.807, 2.05) is 6.07 Å². The summed E-state index contributed by atoms with van der Waals surface area (Å²) in [4.78, 5) is 23.0. The monoisotopic (exact) mass is 218 g/mol. The highest BCUT2D eigenvalue weighted by molar-refractivity contribution is 5.91. The van der Waals surface area contributed by atoms with Gasteiger partial charge in [-0.1, -0.05) is 0 Å². The third-order valence-corrected chi connectivity index (χ3v) is 2.55. The molecule has 2 rings (SSSR count). The zero-order valence-corrected chi connectivity index (χ0v) is 8.77. The zero-order chi connectivity index (χ0) is 11.7. The Balaban J connectivity index is 2.57. The van der Waals surface area contributed by atoms with Crippen molar-refractivity contribution in [2.24, 2.45) is 0 Å². The van der Waals surface area contributed by atoms with Crippen molar-refractivity contribution in [2.75, 3.05) is 7.11 Å². The number of pyridine rings is 1. The van der Waals surface area contributed by atoms with Crippen LogP contribution >= 0.6 is 0 Å². The maximum atomic E-state index is 11.6. The number of rotatable bonds is 2. The Morgan fingerprint density at radius 3 is 2.81 bits per heavy atom. The van der Waals surface area contributed by atoms with Gasteiger partial charge >= 0.3 is 5.97 Å². The number of hydrogen-bond acceptors (Lipinski definition) is 4. The minimum Gasteiger partial charge on any atom is -0.465 e. The maximum absolute atomic E-state index is 11.6. The van der Waals surface area contributed by atoms with Gasteiger partial charge in [0.2, 0.25) is 0 Å². The Hall–Kier alpha value is -2.09. The van der Waals surface area contributed by atoms with E-state index in [0.717, 1.165) is 12.8 Å². The van der Waals surface area contributed by atoms with Crippen molar-refractivity contribution in [2.45, 2.75) is 18.9 Å². The Morgan fingerprint density at radius 1 is 1.62 bits per heavy atom. The summed E-state index contributed by atoms with van der Waals surface area (Å²) >= 11 is 0. The molecule has 1 heterocycles. The Bertz CT molecular complexity index is 535. The predicted octanol–water partition coefficient (Wildman–Crippen LogP) is 0.841. The standard InChI is InChI=1S/C11H10N2O3/c1-16-11(15)9-6-13(8-2-3-8)10(14)4-7(9)5-12/h4,6,8H,2-3H2,1H3. The fraction of sp³-hybridized carbons (Fsp3) is 0.364.